The number of carboxylic acids is 2. The van der Waals surface area contributed by atoms with E-state index in [1.165, 1.54) is 31.0 Å². The summed E-state index contributed by atoms with van der Waals surface area (Å²) in [5.41, 5.74) is 5.82. The molecule has 0 saturated heterocycles. The number of nitrogens with one attached hydrogen (secondary N) is 1. The monoisotopic (exact) mass is 496 g/mol. The lowest BCUT2D eigenvalue weighted by molar-refractivity contribution is -0.138. The topological polar surface area (TPSA) is 150 Å². The average molecular weight is 497 g/mol. The lowest BCUT2D eigenvalue weighted by Gasteiger charge is -2.21. The van der Waals surface area contributed by atoms with Crippen LogP contribution in [0, 0.1) is 0 Å². The molecule has 34 heavy (non-hydrogen) atoms. The first-order valence-electron chi connectivity index (χ1n) is 11.7. The molecule has 0 aliphatic heterocycles. The second-order valence-electron chi connectivity index (χ2n) is 7.77. The van der Waals surface area contributed by atoms with Crippen molar-refractivity contribution in [2.24, 2.45) is 5.73 Å². The standard InChI is InChI=1S/C25H40N2O6S/c1-2-3-4-5-6-7-8-9-10-11-12-13-16-22(21(28)15-14-17-23(29)30)34-19-20(26)25(33)27-18-24(31)32/h6-7,9-13,16,20-22,28H,2-5,8,14-15,17-19,26H2,1H3,(H,27,33)(H,29,30)(H,31,32)/b7-6+,10-9+,12-11+,16-13+/t20-,21-,22-/m0/s1. The summed E-state index contributed by atoms with van der Waals surface area (Å²) in [6, 6.07) is -0.931. The zero-order valence-electron chi connectivity index (χ0n) is 20.0. The molecule has 0 aliphatic carbocycles. The number of nitrogens with two attached hydrogens (primary N) is 1. The van der Waals surface area contributed by atoms with E-state index in [0.717, 1.165) is 12.8 Å². The summed E-state index contributed by atoms with van der Waals surface area (Å²) in [6.07, 6.45) is 21.1. The molecule has 0 rings (SSSR count). The molecular weight excluding hydrogens is 456 g/mol. The molecule has 1 amide bonds. The molecule has 0 fully saturated rings. The van der Waals surface area contributed by atoms with Crippen LogP contribution >= 0.6 is 11.8 Å². The number of aliphatic carboxylic acids is 2. The maximum Gasteiger partial charge on any atom is 0.322 e. The second-order valence-corrected chi connectivity index (χ2v) is 8.98. The number of aliphatic hydroxyl groups is 1. The number of thioether (sulfide) groups is 1. The van der Waals surface area contributed by atoms with Crippen molar-refractivity contribution in [1.29, 1.82) is 0 Å². The Balaban J connectivity index is 4.70. The van der Waals surface area contributed by atoms with E-state index < -0.39 is 41.8 Å². The van der Waals surface area contributed by atoms with Gasteiger partial charge in [-0.2, -0.15) is 0 Å². The predicted molar refractivity (Wildman–Crippen MR) is 138 cm³/mol. The van der Waals surface area contributed by atoms with Crippen molar-refractivity contribution in [3.05, 3.63) is 48.6 Å². The Labute approximate surface area is 207 Å². The van der Waals surface area contributed by atoms with Gasteiger partial charge in [-0.25, -0.2) is 0 Å². The van der Waals surface area contributed by atoms with Crippen LogP contribution in [0.25, 0.3) is 0 Å². The summed E-state index contributed by atoms with van der Waals surface area (Å²) < 4.78 is 0. The van der Waals surface area contributed by atoms with Gasteiger partial charge in [-0.05, 0) is 32.1 Å². The lowest BCUT2D eigenvalue weighted by Crippen LogP contribution is -2.44. The van der Waals surface area contributed by atoms with Crippen molar-refractivity contribution in [3.63, 3.8) is 0 Å². The van der Waals surface area contributed by atoms with Crippen molar-refractivity contribution in [2.75, 3.05) is 12.3 Å². The van der Waals surface area contributed by atoms with Crippen LogP contribution in [0.4, 0.5) is 0 Å². The Bertz CT molecular complexity index is 706. The van der Waals surface area contributed by atoms with Crippen LogP contribution in [0.1, 0.15) is 58.3 Å². The molecule has 0 bridgehead atoms. The zero-order valence-corrected chi connectivity index (χ0v) is 20.8. The van der Waals surface area contributed by atoms with Gasteiger partial charge in [-0.1, -0.05) is 68.4 Å². The third-order valence-electron chi connectivity index (χ3n) is 4.67. The van der Waals surface area contributed by atoms with E-state index in [9.17, 15) is 19.5 Å². The number of carbonyl (C=O) groups excluding carboxylic acids is 1. The van der Waals surface area contributed by atoms with Crippen molar-refractivity contribution in [2.45, 2.75) is 75.7 Å². The number of unbranched alkanes of at least 4 members (excludes halogenated alkanes) is 3. The largest absolute Gasteiger partial charge is 0.481 e. The Hall–Kier alpha value is -2.36. The second kappa shape index (κ2) is 21.2. The SMILES string of the molecule is CCCCC/C=C/C/C=C/C=C/C=C/[C@H](SC[C@H](N)C(=O)NCC(=O)O)[C@@H](O)CCCC(=O)O. The van der Waals surface area contributed by atoms with Crippen molar-refractivity contribution in [1.82, 2.24) is 5.32 Å². The summed E-state index contributed by atoms with van der Waals surface area (Å²) >= 11 is 1.26. The van der Waals surface area contributed by atoms with Crippen LogP contribution in [0.3, 0.4) is 0 Å². The molecule has 0 aromatic heterocycles. The van der Waals surface area contributed by atoms with E-state index in [1.807, 2.05) is 24.3 Å². The third-order valence-corrected chi connectivity index (χ3v) is 6.08. The summed E-state index contributed by atoms with van der Waals surface area (Å²) in [5.74, 6) is -2.49. The lowest BCUT2D eigenvalue weighted by atomic mass is 10.1. The van der Waals surface area contributed by atoms with Crippen LogP contribution in [0.2, 0.25) is 0 Å². The van der Waals surface area contributed by atoms with Crippen molar-refractivity contribution >= 4 is 29.6 Å². The zero-order chi connectivity index (χ0) is 25.6. The van der Waals surface area contributed by atoms with Gasteiger partial charge >= 0.3 is 11.9 Å². The van der Waals surface area contributed by atoms with Gasteiger partial charge in [0.15, 0.2) is 0 Å². The van der Waals surface area contributed by atoms with Crippen LogP contribution < -0.4 is 11.1 Å². The quantitative estimate of drug-likeness (QED) is 0.0977. The molecule has 0 aromatic carbocycles. The van der Waals surface area contributed by atoms with Crippen LogP contribution in [0.5, 0.6) is 0 Å². The van der Waals surface area contributed by atoms with Gasteiger partial charge < -0.3 is 26.4 Å². The van der Waals surface area contributed by atoms with Crippen LogP contribution in [-0.4, -0.2) is 62.9 Å². The molecule has 0 radical (unpaired) electrons. The Kier molecular flexibility index (Phi) is 19.7. The summed E-state index contributed by atoms with van der Waals surface area (Å²) in [4.78, 5) is 33.2. The molecule has 0 unspecified atom stereocenters. The Morgan fingerprint density at radius 2 is 1.71 bits per heavy atom. The number of amides is 1. The first-order valence-corrected chi connectivity index (χ1v) is 12.7. The van der Waals surface area contributed by atoms with Gasteiger partial charge in [0.2, 0.25) is 5.91 Å². The summed E-state index contributed by atoms with van der Waals surface area (Å²) in [7, 11) is 0. The van der Waals surface area contributed by atoms with Gasteiger partial charge in [0.25, 0.3) is 0 Å². The molecule has 0 saturated carbocycles. The maximum atomic E-state index is 11.9. The smallest absolute Gasteiger partial charge is 0.322 e. The van der Waals surface area contributed by atoms with Crippen LogP contribution in [0.15, 0.2) is 48.6 Å². The molecule has 0 aromatic rings. The number of carbonyl (C=O) groups is 3. The highest BCUT2D eigenvalue weighted by Crippen LogP contribution is 2.21. The molecule has 0 heterocycles. The van der Waals surface area contributed by atoms with Crippen molar-refractivity contribution in [3.8, 4) is 0 Å². The Morgan fingerprint density at radius 3 is 2.38 bits per heavy atom. The van der Waals surface area contributed by atoms with Gasteiger partial charge in [0.1, 0.15) is 6.54 Å². The number of hydrogen-bond donors (Lipinski definition) is 5. The maximum absolute atomic E-state index is 11.9. The van der Waals surface area contributed by atoms with Crippen LogP contribution in [-0.2, 0) is 14.4 Å². The number of hydrogen-bond acceptors (Lipinski definition) is 6. The minimum absolute atomic E-state index is 0.0347. The number of carboxylic acid groups (broad SMARTS) is 2. The predicted octanol–water partition coefficient (Wildman–Crippen LogP) is 3.43. The minimum Gasteiger partial charge on any atom is -0.481 e. The normalized spacial score (nSPS) is 14.8. The van der Waals surface area contributed by atoms with E-state index >= 15 is 0 Å². The summed E-state index contributed by atoms with van der Waals surface area (Å²) in [6.45, 7) is 1.68. The first kappa shape index (κ1) is 31.6. The van der Waals surface area contributed by atoms with Gasteiger partial charge in [-0.3, -0.25) is 14.4 Å². The van der Waals surface area contributed by atoms with Gasteiger partial charge in [0.05, 0.1) is 12.1 Å². The van der Waals surface area contributed by atoms with E-state index in [0.29, 0.717) is 12.8 Å². The molecular formula is C25H40N2O6S. The molecule has 0 spiro atoms. The number of allylic oxidation sites excluding steroid dienone is 7. The summed E-state index contributed by atoms with van der Waals surface area (Å²) in [5, 5.41) is 29.8. The molecule has 0 aliphatic rings. The molecule has 6 N–H and O–H groups in total. The highest BCUT2D eigenvalue weighted by atomic mass is 32.2. The third kappa shape index (κ3) is 19.1. The minimum atomic E-state index is -1.16. The first-order chi connectivity index (χ1) is 16.3. The van der Waals surface area contributed by atoms with E-state index in [4.69, 9.17) is 15.9 Å². The molecule has 8 nitrogen and oxygen atoms in total. The molecule has 3 atom stereocenters. The van der Waals surface area contributed by atoms with E-state index in [-0.39, 0.29) is 12.2 Å². The highest BCUT2D eigenvalue weighted by molar-refractivity contribution is 8.00. The fraction of sp³-hybridized carbons (Fsp3) is 0.560. The fourth-order valence-electron chi connectivity index (χ4n) is 2.77. The van der Waals surface area contributed by atoms with E-state index in [2.05, 4.69) is 24.4 Å². The fourth-order valence-corrected chi connectivity index (χ4v) is 3.91. The molecule has 9 heteroatoms. The highest BCUT2D eigenvalue weighted by Gasteiger charge is 2.21. The van der Waals surface area contributed by atoms with Gasteiger partial charge in [-0.15, -0.1) is 11.8 Å². The van der Waals surface area contributed by atoms with Crippen molar-refractivity contribution < 1.29 is 29.7 Å². The van der Waals surface area contributed by atoms with E-state index in [1.54, 1.807) is 12.2 Å². The average Bonchev–Trinajstić information content (AvgIpc) is 2.79. The van der Waals surface area contributed by atoms with Gasteiger partial charge in [0, 0.05) is 17.4 Å². The number of aliphatic hydroxyl groups excluding tert-OH is 1. The molecule has 192 valence electrons. The number of rotatable bonds is 20. The Morgan fingerprint density at radius 1 is 0.971 bits per heavy atom.